The number of hydrogen-bond acceptors (Lipinski definition) is 2. The van der Waals surface area contributed by atoms with Crippen LogP contribution in [0.3, 0.4) is 0 Å². The average Bonchev–Trinajstić information content (AvgIpc) is 2.28. The summed E-state index contributed by atoms with van der Waals surface area (Å²) < 4.78 is 0. The van der Waals surface area contributed by atoms with Crippen LogP contribution in [-0.4, -0.2) is 12.8 Å². The van der Waals surface area contributed by atoms with Gasteiger partial charge in [-0.15, -0.1) is 0 Å². The van der Waals surface area contributed by atoms with E-state index in [0.717, 1.165) is 5.69 Å². The Bertz CT molecular complexity index is 409. The molecule has 0 aromatic heterocycles. The van der Waals surface area contributed by atoms with Gasteiger partial charge in [0, 0.05) is 12.7 Å². The first-order valence-corrected chi connectivity index (χ1v) is 5.32. The first kappa shape index (κ1) is 12.5. The predicted molar refractivity (Wildman–Crippen MR) is 68.6 cm³/mol. The van der Waals surface area contributed by atoms with E-state index in [0.29, 0.717) is 5.16 Å². The van der Waals surface area contributed by atoms with Crippen molar-refractivity contribution in [3.05, 3.63) is 53.7 Å². The lowest BCUT2D eigenvalue weighted by Crippen LogP contribution is -2.12. The third-order valence-electron chi connectivity index (χ3n) is 2.03. The van der Waals surface area contributed by atoms with Crippen molar-refractivity contribution in [2.75, 3.05) is 11.9 Å². The number of allylic oxidation sites excluding steroid dienone is 3. The molecule has 0 bridgehead atoms. The number of carbonyl (C=O) groups excluding carboxylic acids is 1. The van der Waals surface area contributed by atoms with Crippen LogP contribution in [0, 0.1) is 0 Å². The second-order valence-electron chi connectivity index (χ2n) is 3.35. The van der Waals surface area contributed by atoms with Crippen LogP contribution < -0.4 is 4.90 Å². The van der Waals surface area contributed by atoms with E-state index in [1.54, 1.807) is 12.2 Å². The average molecular weight is 236 g/mol. The Morgan fingerprint density at radius 3 is 2.50 bits per heavy atom. The highest BCUT2D eigenvalue weighted by molar-refractivity contribution is 6.31. The summed E-state index contributed by atoms with van der Waals surface area (Å²) in [6.07, 6.45) is 4.81. The zero-order valence-electron chi connectivity index (χ0n) is 9.35. The zero-order chi connectivity index (χ0) is 12.0. The van der Waals surface area contributed by atoms with Crippen molar-refractivity contribution in [3.63, 3.8) is 0 Å². The van der Waals surface area contributed by atoms with Crippen molar-refractivity contribution in [2.24, 2.45) is 0 Å². The maximum Gasteiger partial charge on any atom is 0.152 e. The molecule has 84 valence electrons. The summed E-state index contributed by atoms with van der Waals surface area (Å²) in [7, 11) is 1.87. The number of rotatable bonds is 4. The third-order valence-corrected chi connectivity index (χ3v) is 2.41. The molecule has 0 fully saturated rings. The molecule has 0 N–H and O–H groups in total. The van der Waals surface area contributed by atoms with Gasteiger partial charge in [-0.05, 0) is 31.2 Å². The fourth-order valence-corrected chi connectivity index (χ4v) is 1.32. The molecule has 1 aromatic rings. The number of halogens is 1. The molecule has 0 amide bonds. The summed E-state index contributed by atoms with van der Waals surface area (Å²) >= 11 is 6.07. The number of nitrogens with zero attached hydrogens (tertiary/aromatic N) is 1. The van der Waals surface area contributed by atoms with Crippen molar-refractivity contribution in [2.45, 2.75) is 6.92 Å². The number of hydrogen-bond donors (Lipinski definition) is 0. The van der Waals surface area contributed by atoms with E-state index in [4.69, 9.17) is 11.6 Å². The third kappa shape index (κ3) is 3.91. The minimum atomic E-state index is 0.00285. The van der Waals surface area contributed by atoms with E-state index < -0.39 is 0 Å². The SMILES string of the molecule is CC(=O)/C=C/C=C(\Cl)N(C)c1ccccc1. The fraction of sp³-hybridized carbons (Fsp3) is 0.154. The Kier molecular flexibility index (Phi) is 4.80. The van der Waals surface area contributed by atoms with Crippen LogP contribution in [0.2, 0.25) is 0 Å². The van der Waals surface area contributed by atoms with E-state index >= 15 is 0 Å². The maximum absolute atomic E-state index is 10.7. The van der Waals surface area contributed by atoms with Gasteiger partial charge >= 0.3 is 0 Å². The van der Waals surface area contributed by atoms with Crippen LogP contribution >= 0.6 is 11.6 Å². The molecule has 0 saturated heterocycles. The lowest BCUT2D eigenvalue weighted by Gasteiger charge is -2.17. The lowest BCUT2D eigenvalue weighted by atomic mass is 10.3. The smallest absolute Gasteiger partial charge is 0.152 e. The molecule has 1 aromatic carbocycles. The van der Waals surface area contributed by atoms with Gasteiger partial charge in [-0.25, -0.2) is 0 Å². The molecule has 0 atom stereocenters. The Morgan fingerprint density at radius 2 is 1.94 bits per heavy atom. The van der Waals surface area contributed by atoms with Gasteiger partial charge in [0.05, 0.1) is 0 Å². The molecule has 0 spiro atoms. The topological polar surface area (TPSA) is 20.3 Å². The monoisotopic (exact) mass is 235 g/mol. The zero-order valence-corrected chi connectivity index (χ0v) is 10.1. The van der Waals surface area contributed by atoms with Crippen molar-refractivity contribution >= 4 is 23.1 Å². The summed E-state index contributed by atoms with van der Waals surface area (Å²) in [6.45, 7) is 1.50. The van der Waals surface area contributed by atoms with Crippen molar-refractivity contribution < 1.29 is 4.79 Å². The second kappa shape index (κ2) is 6.13. The molecule has 2 nitrogen and oxygen atoms in total. The fourth-order valence-electron chi connectivity index (χ4n) is 1.15. The number of para-hydroxylation sites is 1. The lowest BCUT2D eigenvalue weighted by molar-refractivity contribution is -0.112. The maximum atomic E-state index is 10.7. The molecule has 0 radical (unpaired) electrons. The highest BCUT2D eigenvalue weighted by Gasteiger charge is 2.01. The van der Waals surface area contributed by atoms with Gasteiger partial charge in [-0.2, -0.15) is 0 Å². The number of carbonyl (C=O) groups is 1. The summed E-state index contributed by atoms with van der Waals surface area (Å²) in [5.41, 5.74) is 1.000. The van der Waals surface area contributed by atoms with Gasteiger partial charge in [0.25, 0.3) is 0 Å². The molecule has 0 heterocycles. The highest BCUT2D eigenvalue weighted by atomic mass is 35.5. The quantitative estimate of drug-likeness (QED) is 0.453. The van der Waals surface area contributed by atoms with E-state index in [1.165, 1.54) is 13.0 Å². The van der Waals surface area contributed by atoms with Crippen LogP contribution in [0.15, 0.2) is 53.7 Å². The van der Waals surface area contributed by atoms with Crippen molar-refractivity contribution in [3.8, 4) is 0 Å². The Labute approximate surface area is 101 Å². The predicted octanol–water partition coefficient (Wildman–Crippen LogP) is 3.35. The van der Waals surface area contributed by atoms with E-state index in [-0.39, 0.29) is 5.78 Å². The van der Waals surface area contributed by atoms with E-state index in [9.17, 15) is 4.79 Å². The first-order valence-electron chi connectivity index (χ1n) is 4.94. The van der Waals surface area contributed by atoms with E-state index in [2.05, 4.69) is 0 Å². The summed E-state index contributed by atoms with van der Waals surface area (Å²) in [6, 6.07) is 9.77. The van der Waals surface area contributed by atoms with Gasteiger partial charge in [0.15, 0.2) is 5.78 Å². The Morgan fingerprint density at radius 1 is 1.31 bits per heavy atom. The van der Waals surface area contributed by atoms with Crippen LogP contribution in [0.25, 0.3) is 0 Å². The van der Waals surface area contributed by atoms with Gasteiger partial charge in [-0.1, -0.05) is 35.9 Å². The second-order valence-corrected chi connectivity index (χ2v) is 3.74. The van der Waals surface area contributed by atoms with Gasteiger partial charge < -0.3 is 4.90 Å². The normalized spacial score (nSPS) is 11.8. The summed E-state index contributed by atoms with van der Waals surface area (Å²) in [5.74, 6) is 0.00285. The molecular weight excluding hydrogens is 222 g/mol. The Hall–Kier alpha value is -1.54. The standard InChI is InChI=1S/C13H14ClNO/c1-11(16)7-6-10-13(14)15(2)12-8-4-3-5-9-12/h3-10H,1-2H3/b7-6+,13-10+. The summed E-state index contributed by atoms with van der Waals surface area (Å²) in [4.78, 5) is 12.5. The van der Waals surface area contributed by atoms with Crippen LogP contribution in [0.4, 0.5) is 5.69 Å². The van der Waals surface area contributed by atoms with Gasteiger partial charge in [0.2, 0.25) is 0 Å². The van der Waals surface area contributed by atoms with Gasteiger partial charge in [-0.3, -0.25) is 4.79 Å². The minimum Gasteiger partial charge on any atom is -0.335 e. The molecule has 3 heteroatoms. The molecular formula is C13H14ClNO. The molecule has 0 unspecified atom stereocenters. The molecule has 0 saturated carbocycles. The van der Waals surface area contributed by atoms with E-state index in [1.807, 2.05) is 42.3 Å². The molecule has 16 heavy (non-hydrogen) atoms. The highest BCUT2D eigenvalue weighted by Crippen LogP contribution is 2.18. The van der Waals surface area contributed by atoms with Crippen LogP contribution in [0.5, 0.6) is 0 Å². The Balaban J connectivity index is 2.75. The largest absolute Gasteiger partial charge is 0.335 e. The number of anilines is 1. The van der Waals surface area contributed by atoms with Gasteiger partial charge in [0.1, 0.15) is 5.16 Å². The molecule has 0 aliphatic heterocycles. The van der Waals surface area contributed by atoms with Crippen molar-refractivity contribution in [1.82, 2.24) is 0 Å². The molecule has 0 aliphatic carbocycles. The summed E-state index contributed by atoms with van der Waals surface area (Å²) in [5, 5.41) is 0.559. The van der Waals surface area contributed by atoms with Crippen LogP contribution in [-0.2, 0) is 4.79 Å². The molecule has 0 aliphatic rings. The van der Waals surface area contributed by atoms with Crippen LogP contribution in [0.1, 0.15) is 6.92 Å². The van der Waals surface area contributed by atoms with Crippen molar-refractivity contribution in [1.29, 1.82) is 0 Å². The molecule has 1 rings (SSSR count). The minimum absolute atomic E-state index is 0.00285. The number of ketones is 1. The number of benzene rings is 1. The first-order chi connectivity index (χ1) is 7.61.